The molecule has 0 spiro atoms. The summed E-state index contributed by atoms with van der Waals surface area (Å²) >= 11 is 9.21. The first kappa shape index (κ1) is 14.7. The Morgan fingerprint density at radius 2 is 2.05 bits per heavy atom. The number of hydrogen-bond acceptors (Lipinski definition) is 3. The third-order valence-electron chi connectivity index (χ3n) is 2.65. The summed E-state index contributed by atoms with van der Waals surface area (Å²) in [5, 5.41) is 3.34. The molecule has 0 aromatic heterocycles. The first-order valence-electron chi connectivity index (χ1n) is 5.71. The maximum absolute atomic E-state index is 12.2. The fourth-order valence-electron chi connectivity index (χ4n) is 1.68. The van der Waals surface area contributed by atoms with Crippen LogP contribution in [0.2, 0.25) is 5.02 Å². The molecule has 0 fully saturated rings. The van der Waals surface area contributed by atoms with Crippen molar-refractivity contribution < 1.29 is 9.53 Å². The smallest absolute Gasteiger partial charge is 0.259 e. The van der Waals surface area contributed by atoms with E-state index in [1.165, 1.54) is 7.11 Å². The number of halogens is 2. The number of carbonyl (C=O) groups excluding carboxylic acids is 1. The molecule has 0 unspecified atom stereocenters. The van der Waals surface area contributed by atoms with Crippen LogP contribution in [-0.2, 0) is 0 Å². The molecule has 0 atom stereocenters. The minimum atomic E-state index is -0.302. The van der Waals surface area contributed by atoms with Gasteiger partial charge in [0.2, 0.25) is 0 Å². The number of nitrogens with two attached hydrogens (primary N) is 1. The summed E-state index contributed by atoms with van der Waals surface area (Å²) in [6.07, 6.45) is 0. The van der Waals surface area contributed by atoms with Crippen LogP contribution >= 0.6 is 27.5 Å². The maximum Gasteiger partial charge on any atom is 0.259 e. The number of nitrogens with one attached hydrogen (secondary N) is 1. The summed E-state index contributed by atoms with van der Waals surface area (Å²) in [7, 11) is 1.50. The van der Waals surface area contributed by atoms with E-state index in [2.05, 4.69) is 21.2 Å². The molecule has 2 rings (SSSR count). The number of methoxy groups -OCH3 is 1. The van der Waals surface area contributed by atoms with E-state index in [9.17, 15) is 4.79 Å². The van der Waals surface area contributed by atoms with Crippen molar-refractivity contribution in [1.29, 1.82) is 0 Å². The zero-order chi connectivity index (χ0) is 14.7. The zero-order valence-electron chi connectivity index (χ0n) is 10.6. The van der Waals surface area contributed by atoms with Crippen molar-refractivity contribution in [3.05, 3.63) is 51.5 Å². The maximum atomic E-state index is 12.2. The van der Waals surface area contributed by atoms with Gasteiger partial charge in [-0.1, -0.05) is 11.6 Å². The van der Waals surface area contributed by atoms with Crippen LogP contribution in [0.4, 0.5) is 11.4 Å². The number of hydrogen-bond donors (Lipinski definition) is 2. The van der Waals surface area contributed by atoms with E-state index in [-0.39, 0.29) is 5.91 Å². The minimum absolute atomic E-state index is 0.302. The summed E-state index contributed by atoms with van der Waals surface area (Å²) < 4.78 is 5.86. The van der Waals surface area contributed by atoms with E-state index in [0.717, 1.165) is 0 Å². The average Bonchev–Trinajstić information content (AvgIpc) is 2.43. The molecule has 0 aliphatic carbocycles. The van der Waals surface area contributed by atoms with E-state index in [4.69, 9.17) is 22.1 Å². The van der Waals surface area contributed by atoms with E-state index in [1.54, 1.807) is 36.4 Å². The fourth-order valence-corrected chi connectivity index (χ4v) is 2.17. The van der Waals surface area contributed by atoms with Gasteiger partial charge in [-0.25, -0.2) is 0 Å². The van der Waals surface area contributed by atoms with Gasteiger partial charge in [-0.15, -0.1) is 0 Å². The molecule has 104 valence electrons. The van der Waals surface area contributed by atoms with Crippen molar-refractivity contribution in [1.82, 2.24) is 0 Å². The SMILES string of the molecule is COc1ccc(N)cc1C(=O)Nc1ccc(Cl)c(Br)c1. The first-order chi connectivity index (χ1) is 9.51. The number of rotatable bonds is 3. The summed E-state index contributed by atoms with van der Waals surface area (Å²) in [6, 6.07) is 10.0. The molecule has 0 aliphatic rings. The van der Waals surface area contributed by atoms with Gasteiger partial charge in [0.1, 0.15) is 5.75 Å². The molecular weight excluding hydrogens is 344 g/mol. The molecule has 2 aromatic carbocycles. The van der Waals surface area contributed by atoms with E-state index >= 15 is 0 Å². The van der Waals surface area contributed by atoms with Crippen molar-refractivity contribution >= 4 is 44.8 Å². The second kappa shape index (κ2) is 6.15. The lowest BCUT2D eigenvalue weighted by atomic mass is 10.1. The van der Waals surface area contributed by atoms with Gasteiger partial charge in [0.25, 0.3) is 5.91 Å². The largest absolute Gasteiger partial charge is 0.496 e. The van der Waals surface area contributed by atoms with Crippen molar-refractivity contribution in [2.45, 2.75) is 0 Å². The number of anilines is 2. The second-order valence-electron chi connectivity index (χ2n) is 4.04. The van der Waals surface area contributed by atoms with Crippen molar-refractivity contribution in [3.63, 3.8) is 0 Å². The highest BCUT2D eigenvalue weighted by Crippen LogP contribution is 2.27. The Bertz CT molecular complexity index is 662. The zero-order valence-corrected chi connectivity index (χ0v) is 13.0. The third-order valence-corrected chi connectivity index (χ3v) is 3.86. The summed E-state index contributed by atoms with van der Waals surface area (Å²) in [4.78, 5) is 12.2. The molecule has 20 heavy (non-hydrogen) atoms. The summed E-state index contributed by atoms with van der Waals surface area (Å²) in [5.41, 5.74) is 7.19. The van der Waals surface area contributed by atoms with Crippen LogP contribution in [0.3, 0.4) is 0 Å². The van der Waals surface area contributed by atoms with Gasteiger partial charge < -0.3 is 15.8 Å². The van der Waals surface area contributed by atoms with Crippen molar-refractivity contribution in [2.75, 3.05) is 18.2 Å². The van der Waals surface area contributed by atoms with Gasteiger partial charge in [-0.3, -0.25) is 4.79 Å². The molecule has 1 amide bonds. The van der Waals surface area contributed by atoms with Crippen LogP contribution in [0.5, 0.6) is 5.75 Å². The molecule has 0 bridgehead atoms. The van der Waals surface area contributed by atoms with Crippen molar-refractivity contribution in [2.24, 2.45) is 0 Å². The standard InChI is InChI=1S/C14H12BrClN2O2/c1-20-13-5-2-8(17)6-10(13)14(19)18-9-3-4-12(16)11(15)7-9/h2-7H,17H2,1H3,(H,18,19). The Morgan fingerprint density at radius 1 is 1.30 bits per heavy atom. The number of carbonyl (C=O) groups is 1. The fraction of sp³-hybridized carbons (Fsp3) is 0.0714. The first-order valence-corrected chi connectivity index (χ1v) is 6.88. The Kier molecular flexibility index (Phi) is 4.52. The highest BCUT2D eigenvalue weighted by Gasteiger charge is 2.13. The molecular formula is C14H12BrClN2O2. The second-order valence-corrected chi connectivity index (χ2v) is 5.30. The lowest BCUT2D eigenvalue weighted by Crippen LogP contribution is -2.13. The minimum Gasteiger partial charge on any atom is -0.496 e. The summed E-state index contributed by atoms with van der Waals surface area (Å²) in [5.74, 6) is 0.160. The molecule has 0 radical (unpaired) electrons. The lowest BCUT2D eigenvalue weighted by Gasteiger charge is -2.10. The van der Waals surface area contributed by atoms with Crippen LogP contribution in [0.15, 0.2) is 40.9 Å². The summed E-state index contributed by atoms with van der Waals surface area (Å²) in [6.45, 7) is 0. The number of ether oxygens (including phenoxy) is 1. The van der Waals surface area contributed by atoms with Gasteiger partial charge in [0.15, 0.2) is 0 Å². The van der Waals surface area contributed by atoms with Crippen LogP contribution in [0, 0.1) is 0 Å². The van der Waals surface area contributed by atoms with Crippen LogP contribution in [-0.4, -0.2) is 13.0 Å². The Morgan fingerprint density at radius 3 is 2.70 bits per heavy atom. The molecule has 0 saturated heterocycles. The number of amides is 1. The third kappa shape index (κ3) is 3.23. The average molecular weight is 356 g/mol. The molecule has 4 nitrogen and oxygen atoms in total. The van der Waals surface area contributed by atoms with Gasteiger partial charge in [-0.05, 0) is 52.3 Å². The number of benzene rings is 2. The molecule has 0 saturated carbocycles. The molecule has 0 heterocycles. The Hall–Kier alpha value is -1.72. The Labute approximate surface area is 130 Å². The van der Waals surface area contributed by atoms with E-state index < -0.39 is 0 Å². The van der Waals surface area contributed by atoms with Gasteiger partial charge in [0, 0.05) is 15.8 Å². The predicted octanol–water partition coefficient (Wildman–Crippen LogP) is 3.95. The topological polar surface area (TPSA) is 64.3 Å². The molecule has 6 heteroatoms. The lowest BCUT2D eigenvalue weighted by molar-refractivity contribution is 0.102. The quantitative estimate of drug-likeness (QED) is 0.820. The molecule has 2 aromatic rings. The van der Waals surface area contributed by atoms with E-state index in [0.29, 0.717) is 32.2 Å². The van der Waals surface area contributed by atoms with Gasteiger partial charge in [0.05, 0.1) is 17.7 Å². The normalized spacial score (nSPS) is 10.2. The highest BCUT2D eigenvalue weighted by atomic mass is 79.9. The molecule has 0 aliphatic heterocycles. The van der Waals surface area contributed by atoms with Crippen LogP contribution in [0.1, 0.15) is 10.4 Å². The van der Waals surface area contributed by atoms with Crippen LogP contribution < -0.4 is 15.8 Å². The number of nitrogen functional groups attached to an aromatic ring is 1. The van der Waals surface area contributed by atoms with E-state index in [1.807, 2.05) is 0 Å². The highest BCUT2D eigenvalue weighted by molar-refractivity contribution is 9.10. The van der Waals surface area contributed by atoms with Crippen molar-refractivity contribution in [3.8, 4) is 5.75 Å². The monoisotopic (exact) mass is 354 g/mol. The van der Waals surface area contributed by atoms with Gasteiger partial charge >= 0.3 is 0 Å². The van der Waals surface area contributed by atoms with Gasteiger partial charge in [-0.2, -0.15) is 0 Å². The molecule has 3 N–H and O–H groups in total. The predicted molar refractivity (Wildman–Crippen MR) is 84.5 cm³/mol. The Balaban J connectivity index is 2.27. The van der Waals surface area contributed by atoms with Crippen LogP contribution in [0.25, 0.3) is 0 Å².